The highest BCUT2D eigenvalue weighted by molar-refractivity contribution is 7.22. The van der Waals surface area contributed by atoms with Gasteiger partial charge in [0.2, 0.25) is 0 Å². The van der Waals surface area contributed by atoms with Crippen molar-refractivity contribution in [1.29, 1.82) is 0 Å². The van der Waals surface area contributed by atoms with Crippen LogP contribution in [0.15, 0.2) is 12.1 Å². The molecule has 2 N–H and O–H groups in total. The third-order valence-electron chi connectivity index (χ3n) is 1.50. The van der Waals surface area contributed by atoms with Gasteiger partial charge in [-0.25, -0.2) is 4.98 Å². The summed E-state index contributed by atoms with van der Waals surface area (Å²) in [6.45, 7) is 0. The maximum absolute atomic E-state index is 5.93. The van der Waals surface area contributed by atoms with E-state index in [0.717, 1.165) is 10.2 Å². The molecule has 1 aromatic heterocycles. The normalized spacial score (nSPS) is 10.8. The number of fused-ring (bicyclic) bond motifs is 1. The van der Waals surface area contributed by atoms with E-state index in [1.807, 2.05) is 0 Å². The second-order valence-corrected chi connectivity index (χ2v) is 4.24. The first-order valence-corrected chi connectivity index (χ1v) is 4.76. The molecule has 5 heteroatoms. The Hall–Kier alpha value is -0.510. The summed E-state index contributed by atoms with van der Waals surface area (Å²) in [5, 5.41) is 0.539. The van der Waals surface area contributed by atoms with Crippen LogP contribution in [0.5, 0.6) is 0 Å². The van der Waals surface area contributed by atoms with E-state index in [1.54, 1.807) is 12.1 Å². The lowest BCUT2D eigenvalue weighted by molar-refractivity contribution is 1.50. The molecule has 0 amide bonds. The van der Waals surface area contributed by atoms with Crippen molar-refractivity contribution >= 4 is 50.4 Å². The Labute approximate surface area is 82.9 Å². The van der Waals surface area contributed by atoms with E-state index in [2.05, 4.69) is 4.98 Å². The maximum Gasteiger partial charge on any atom is 0.184 e. The Balaban J connectivity index is 2.89. The van der Waals surface area contributed by atoms with Crippen molar-refractivity contribution in [3.8, 4) is 0 Å². The van der Waals surface area contributed by atoms with Crippen LogP contribution in [-0.4, -0.2) is 4.98 Å². The quantitative estimate of drug-likeness (QED) is 0.691. The summed E-state index contributed by atoms with van der Waals surface area (Å²) in [7, 11) is 0. The number of nitrogens with zero attached hydrogens (tertiary/aromatic N) is 1. The van der Waals surface area contributed by atoms with Crippen LogP contribution in [0.25, 0.3) is 10.2 Å². The van der Waals surface area contributed by atoms with Crippen LogP contribution in [0.1, 0.15) is 0 Å². The molecule has 2 nitrogen and oxygen atoms in total. The summed E-state index contributed by atoms with van der Waals surface area (Å²) in [5.74, 6) is 0. The molecule has 0 aliphatic heterocycles. The minimum Gasteiger partial charge on any atom is -0.397 e. The second-order valence-electron chi connectivity index (χ2n) is 2.28. The van der Waals surface area contributed by atoms with Gasteiger partial charge in [-0.2, -0.15) is 0 Å². The van der Waals surface area contributed by atoms with Gasteiger partial charge in [0.1, 0.15) is 0 Å². The van der Waals surface area contributed by atoms with E-state index < -0.39 is 0 Å². The summed E-state index contributed by atoms with van der Waals surface area (Å²) in [5.41, 5.74) is 6.95. The van der Waals surface area contributed by atoms with Crippen molar-refractivity contribution < 1.29 is 0 Å². The van der Waals surface area contributed by atoms with Crippen LogP contribution in [-0.2, 0) is 0 Å². The van der Waals surface area contributed by atoms with Crippen molar-refractivity contribution in [3.63, 3.8) is 0 Å². The summed E-state index contributed by atoms with van der Waals surface area (Å²) >= 11 is 13.0. The molecule has 1 aromatic carbocycles. The third kappa shape index (κ3) is 1.14. The van der Waals surface area contributed by atoms with E-state index >= 15 is 0 Å². The van der Waals surface area contributed by atoms with Crippen molar-refractivity contribution in [1.82, 2.24) is 4.98 Å². The largest absolute Gasteiger partial charge is 0.397 e. The molecular weight excluding hydrogens is 215 g/mol. The number of rotatable bonds is 0. The Morgan fingerprint density at radius 1 is 1.33 bits per heavy atom. The van der Waals surface area contributed by atoms with E-state index in [9.17, 15) is 0 Å². The van der Waals surface area contributed by atoms with Crippen LogP contribution in [0, 0.1) is 0 Å². The second kappa shape index (κ2) is 2.76. The first-order chi connectivity index (χ1) is 5.68. The van der Waals surface area contributed by atoms with Gasteiger partial charge in [0, 0.05) is 0 Å². The lowest BCUT2D eigenvalue weighted by Crippen LogP contribution is -1.84. The molecule has 0 saturated heterocycles. The van der Waals surface area contributed by atoms with E-state index in [0.29, 0.717) is 15.2 Å². The average Bonchev–Trinajstić information content (AvgIpc) is 2.39. The molecule has 0 unspecified atom stereocenters. The smallest absolute Gasteiger partial charge is 0.184 e. The number of anilines is 1. The fourth-order valence-corrected chi connectivity index (χ4v) is 2.28. The summed E-state index contributed by atoms with van der Waals surface area (Å²) in [6.07, 6.45) is 0. The van der Waals surface area contributed by atoms with Gasteiger partial charge in [0.15, 0.2) is 4.47 Å². The first-order valence-electron chi connectivity index (χ1n) is 3.18. The minimum absolute atomic E-state index is 0.484. The molecule has 0 aliphatic rings. The highest BCUT2D eigenvalue weighted by Crippen LogP contribution is 2.34. The molecule has 2 aromatic rings. The fourth-order valence-electron chi connectivity index (χ4n) is 0.948. The van der Waals surface area contributed by atoms with Gasteiger partial charge in [-0.05, 0) is 12.1 Å². The van der Waals surface area contributed by atoms with Gasteiger partial charge < -0.3 is 5.73 Å². The molecule has 1 heterocycles. The molecule has 0 saturated carbocycles. The summed E-state index contributed by atoms with van der Waals surface area (Å²) in [6, 6.07) is 3.53. The SMILES string of the molecule is Nc1ccc2nc(Cl)sc2c1Cl. The molecular formula is C7H4Cl2N2S. The highest BCUT2D eigenvalue weighted by atomic mass is 35.5. The van der Waals surface area contributed by atoms with Crippen LogP contribution in [0.2, 0.25) is 9.49 Å². The molecule has 2 rings (SSSR count). The van der Waals surface area contributed by atoms with E-state index in [-0.39, 0.29) is 0 Å². The Bertz CT molecular complexity index is 438. The van der Waals surface area contributed by atoms with Crippen molar-refractivity contribution in [2.75, 3.05) is 5.73 Å². The minimum atomic E-state index is 0.484. The number of nitrogens with two attached hydrogens (primary N) is 1. The highest BCUT2D eigenvalue weighted by Gasteiger charge is 2.07. The molecule has 0 aliphatic carbocycles. The van der Waals surface area contributed by atoms with E-state index in [1.165, 1.54) is 11.3 Å². The predicted molar refractivity (Wildman–Crippen MR) is 54.1 cm³/mol. The fraction of sp³-hybridized carbons (Fsp3) is 0. The average molecular weight is 219 g/mol. The molecule has 12 heavy (non-hydrogen) atoms. The number of hydrogen-bond acceptors (Lipinski definition) is 3. The Morgan fingerprint density at radius 3 is 2.83 bits per heavy atom. The Kier molecular flexibility index (Phi) is 1.87. The topological polar surface area (TPSA) is 38.9 Å². The van der Waals surface area contributed by atoms with Crippen LogP contribution in [0.3, 0.4) is 0 Å². The van der Waals surface area contributed by atoms with Gasteiger partial charge >= 0.3 is 0 Å². The predicted octanol–water partition coefficient (Wildman–Crippen LogP) is 3.19. The van der Waals surface area contributed by atoms with Gasteiger partial charge in [-0.15, -0.1) is 11.3 Å². The molecule has 0 spiro atoms. The third-order valence-corrected chi connectivity index (χ3v) is 3.21. The van der Waals surface area contributed by atoms with E-state index in [4.69, 9.17) is 28.9 Å². The molecule has 0 atom stereocenters. The van der Waals surface area contributed by atoms with Gasteiger partial charge in [-0.3, -0.25) is 0 Å². The first kappa shape index (κ1) is 8.10. The van der Waals surface area contributed by atoms with Crippen LogP contribution in [0.4, 0.5) is 5.69 Å². The summed E-state index contributed by atoms with van der Waals surface area (Å²) < 4.78 is 1.33. The number of aromatic nitrogens is 1. The number of benzene rings is 1. The number of halogens is 2. The lowest BCUT2D eigenvalue weighted by Gasteiger charge is -1.95. The Morgan fingerprint density at radius 2 is 2.08 bits per heavy atom. The number of nitrogen functional groups attached to an aromatic ring is 1. The number of hydrogen-bond donors (Lipinski definition) is 1. The van der Waals surface area contributed by atoms with Crippen LogP contribution < -0.4 is 5.73 Å². The molecule has 0 bridgehead atoms. The molecule has 0 fully saturated rings. The van der Waals surface area contributed by atoms with Crippen molar-refractivity contribution in [2.45, 2.75) is 0 Å². The zero-order chi connectivity index (χ0) is 8.72. The summed E-state index contributed by atoms with van der Waals surface area (Å²) in [4.78, 5) is 4.06. The monoisotopic (exact) mass is 218 g/mol. The van der Waals surface area contributed by atoms with Crippen molar-refractivity contribution in [2.24, 2.45) is 0 Å². The van der Waals surface area contributed by atoms with Gasteiger partial charge in [-0.1, -0.05) is 23.2 Å². The molecule has 62 valence electrons. The van der Waals surface area contributed by atoms with Gasteiger partial charge in [0.05, 0.1) is 20.9 Å². The zero-order valence-corrected chi connectivity index (χ0v) is 8.17. The zero-order valence-electron chi connectivity index (χ0n) is 5.84. The maximum atomic E-state index is 5.93. The van der Waals surface area contributed by atoms with Crippen molar-refractivity contribution in [3.05, 3.63) is 21.6 Å². The standard InChI is InChI=1S/C7H4Cl2N2S/c8-5-3(10)1-2-4-6(5)12-7(9)11-4/h1-2H,10H2. The lowest BCUT2D eigenvalue weighted by atomic mass is 10.3. The molecule has 0 radical (unpaired) electrons. The number of thiazole rings is 1. The van der Waals surface area contributed by atoms with Crippen LogP contribution >= 0.6 is 34.5 Å². The van der Waals surface area contributed by atoms with Gasteiger partial charge in [0.25, 0.3) is 0 Å².